The summed E-state index contributed by atoms with van der Waals surface area (Å²) in [5, 5.41) is 7.81. The van der Waals surface area contributed by atoms with Crippen molar-refractivity contribution >= 4 is 46.1 Å². The van der Waals surface area contributed by atoms with Gasteiger partial charge in [0.15, 0.2) is 0 Å². The molecule has 0 aliphatic carbocycles. The molecule has 0 radical (unpaired) electrons. The molecule has 0 aliphatic rings. The normalized spacial score (nSPS) is 10.6. The average molecular weight is 451 g/mol. The molecule has 4 aromatic rings. The lowest BCUT2D eigenvalue weighted by Crippen LogP contribution is -2.14. The molecule has 0 aliphatic heterocycles. The van der Waals surface area contributed by atoms with Crippen LogP contribution in [0.5, 0.6) is 0 Å². The van der Waals surface area contributed by atoms with Gasteiger partial charge in [-0.25, -0.2) is 4.98 Å². The summed E-state index contributed by atoms with van der Waals surface area (Å²) in [5.41, 5.74) is 2.56. The molecule has 0 atom stereocenters. The zero-order valence-electron chi connectivity index (χ0n) is 16.6. The number of imidazole rings is 1. The number of anilines is 2. The Bertz CT molecular complexity index is 1220. The Balaban J connectivity index is 1.43. The number of amides is 2. The van der Waals surface area contributed by atoms with Crippen LogP contribution in [0.2, 0.25) is 5.02 Å². The van der Waals surface area contributed by atoms with Crippen molar-refractivity contribution in [3.05, 3.63) is 99.2 Å². The van der Waals surface area contributed by atoms with E-state index < -0.39 is 0 Å². The number of halogens is 1. The topological polar surface area (TPSA) is 76.0 Å². The van der Waals surface area contributed by atoms with E-state index in [4.69, 9.17) is 11.6 Å². The fourth-order valence-electron chi connectivity index (χ4n) is 3.02. The number of hydrogen-bond acceptors (Lipinski definition) is 4. The van der Waals surface area contributed by atoms with Gasteiger partial charge >= 0.3 is 0 Å². The van der Waals surface area contributed by atoms with Gasteiger partial charge in [-0.15, -0.1) is 11.3 Å². The first-order valence-electron chi connectivity index (χ1n) is 9.52. The summed E-state index contributed by atoms with van der Waals surface area (Å²) in [7, 11) is 0. The number of benzene rings is 2. The second-order valence-electron chi connectivity index (χ2n) is 6.88. The molecule has 2 aromatic carbocycles. The van der Waals surface area contributed by atoms with Gasteiger partial charge in [0, 0.05) is 30.2 Å². The predicted octanol–water partition coefficient (Wildman–Crippen LogP) is 5.46. The summed E-state index contributed by atoms with van der Waals surface area (Å²) in [5.74, 6) is 0.391. The van der Waals surface area contributed by atoms with Gasteiger partial charge < -0.3 is 15.2 Å². The van der Waals surface area contributed by atoms with Crippen LogP contribution in [0, 0.1) is 6.92 Å². The zero-order chi connectivity index (χ0) is 21.8. The Hall–Kier alpha value is -3.42. The van der Waals surface area contributed by atoms with Crippen molar-refractivity contribution in [2.45, 2.75) is 13.5 Å². The zero-order valence-corrected chi connectivity index (χ0v) is 18.2. The van der Waals surface area contributed by atoms with E-state index in [1.807, 2.05) is 47.3 Å². The van der Waals surface area contributed by atoms with Crippen molar-refractivity contribution in [2.24, 2.45) is 0 Å². The standard InChI is InChI=1S/C23H19ClN4O2S/c1-15-25-10-11-28(15)14-16-4-7-18(8-5-16)26-22(29)17-6-9-19(24)20(13-17)27-23(30)21-3-2-12-31-21/h2-13H,14H2,1H3,(H,26,29)(H,27,30). The smallest absolute Gasteiger partial charge is 0.265 e. The number of thiophene rings is 1. The van der Waals surface area contributed by atoms with E-state index in [9.17, 15) is 9.59 Å². The van der Waals surface area contributed by atoms with Crippen LogP contribution >= 0.6 is 22.9 Å². The molecule has 2 N–H and O–H groups in total. The van der Waals surface area contributed by atoms with Crippen LogP contribution in [0.3, 0.4) is 0 Å². The number of nitrogens with zero attached hydrogens (tertiary/aromatic N) is 2. The Kier molecular flexibility index (Phi) is 6.16. The SMILES string of the molecule is Cc1nccn1Cc1ccc(NC(=O)c2ccc(Cl)c(NC(=O)c3cccs3)c2)cc1. The Morgan fingerprint density at radius 2 is 1.87 bits per heavy atom. The largest absolute Gasteiger partial charge is 0.331 e. The third kappa shape index (κ3) is 5.02. The first kappa shape index (κ1) is 20.8. The highest BCUT2D eigenvalue weighted by atomic mass is 35.5. The quantitative estimate of drug-likeness (QED) is 0.409. The Morgan fingerprint density at radius 1 is 1.06 bits per heavy atom. The highest BCUT2D eigenvalue weighted by molar-refractivity contribution is 7.12. The van der Waals surface area contributed by atoms with Crippen molar-refractivity contribution in [2.75, 3.05) is 10.6 Å². The minimum atomic E-state index is -0.290. The van der Waals surface area contributed by atoms with Gasteiger partial charge in [0.25, 0.3) is 11.8 Å². The number of carbonyl (C=O) groups excluding carboxylic acids is 2. The molecule has 2 heterocycles. The van der Waals surface area contributed by atoms with E-state index >= 15 is 0 Å². The number of aromatic nitrogens is 2. The van der Waals surface area contributed by atoms with E-state index in [2.05, 4.69) is 15.6 Å². The summed E-state index contributed by atoms with van der Waals surface area (Å²) in [6.07, 6.45) is 3.70. The molecule has 0 fully saturated rings. The fraction of sp³-hybridized carbons (Fsp3) is 0.0870. The lowest BCUT2D eigenvalue weighted by Gasteiger charge is -2.10. The van der Waals surface area contributed by atoms with Gasteiger partial charge in [-0.05, 0) is 54.3 Å². The molecule has 0 spiro atoms. The van der Waals surface area contributed by atoms with Crippen LogP contribution in [-0.4, -0.2) is 21.4 Å². The molecule has 2 aromatic heterocycles. The van der Waals surface area contributed by atoms with Crippen LogP contribution in [0.25, 0.3) is 0 Å². The summed E-state index contributed by atoms with van der Waals surface area (Å²) >= 11 is 7.54. The van der Waals surface area contributed by atoms with Gasteiger partial charge in [-0.1, -0.05) is 29.8 Å². The number of nitrogens with one attached hydrogen (secondary N) is 2. The lowest BCUT2D eigenvalue weighted by atomic mass is 10.1. The van der Waals surface area contributed by atoms with Crippen molar-refractivity contribution in [3.8, 4) is 0 Å². The second-order valence-corrected chi connectivity index (χ2v) is 8.23. The summed E-state index contributed by atoms with van der Waals surface area (Å²) in [4.78, 5) is 29.8. The van der Waals surface area contributed by atoms with Gasteiger partial charge in [-0.3, -0.25) is 9.59 Å². The predicted molar refractivity (Wildman–Crippen MR) is 124 cm³/mol. The first-order chi connectivity index (χ1) is 15.0. The van der Waals surface area contributed by atoms with Crippen LogP contribution in [-0.2, 0) is 6.54 Å². The van der Waals surface area contributed by atoms with E-state index in [0.29, 0.717) is 33.4 Å². The minimum absolute atomic E-state index is 0.266. The van der Waals surface area contributed by atoms with Gasteiger partial charge in [0.05, 0.1) is 15.6 Å². The van der Waals surface area contributed by atoms with E-state index in [1.54, 1.807) is 36.5 Å². The van der Waals surface area contributed by atoms with Crippen molar-refractivity contribution in [1.82, 2.24) is 9.55 Å². The number of aryl methyl sites for hydroxylation is 1. The van der Waals surface area contributed by atoms with Crippen LogP contribution < -0.4 is 10.6 Å². The van der Waals surface area contributed by atoms with Crippen LogP contribution in [0.1, 0.15) is 31.4 Å². The molecule has 0 unspecified atom stereocenters. The molecular formula is C23H19ClN4O2S. The van der Waals surface area contributed by atoms with E-state index in [0.717, 1.165) is 11.4 Å². The molecule has 0 saturated carbocycles. The maximum atomic E-state index is 12.7. The molecule has 4 rings (SSSR count). The summed E-state index contributed by atoms with van der Waals surface area (Å²) in [6.45, 7) is 2.67. The number of carbonyl (C=O) groups is 2. The molecule has 6 nitrogen and oxygen atoms in total. The number of hydrogen-bond donors (Lipinski definition) is 2. The van der Waals surface area contributed by atoms with Crippen LogP contribution in [0.4, 0.5) is 11.4 Å². The summed E-state index contributed by atoms with van der Waals surface area (Å²) in [6, 6.07) is 15.9. The van der Waals surface area contributed by atoms with Gasteiger partial charge in [0.1, 0.15) is 5.82 Å². The maximum Gasteiger partial charge on any atom is 0.265 e. The number of rotatable bonds is 6. The van der Waals surface area contributed by atoms with Crippen molar-refractivity contribution in [3.63, 3.8) is 0 Å². The molecular weight excluding hydrogens is 432 g/mol. The average Bonchev–Trinajstić information content (AvgIpc) is 3.43. The maximum absolute atomic E-state index is 12.7. The Morgan fingerprint density at radius 3 is 2.55 bits per heavy atom. The molecule has 2 amide bonds. The highest BCUT2D eigenvalue weighted by Crippen LogP contribution is 2.25. The third-order valence-corrected chi connectivity index (χ3v) is 5.91. The third-order valence-electron chi connectivity index (χ3n) is 4.71. The van der Waals surface area contributed by atoms with E-state index in [-0.39, 0.29) is 11.8 Å². The molecule has 156 valence electrons. The Labute approximate surface area is 188 Å². The molecule has 31 heavy (non-hydrogen) atoms. The fourth-order valence-corrected chi connectivity index (χ4v) is 3.80. The molecule has 8 heteroatoms. The molecule has 0 saturated heterocycles. The van der Waals surface area contributed by atoms with E-state index in [1.165, 1.54) is 11.3 Å². The monoisotopic (exact) mass is 450 g/mol. The summed E-state index contributed by atoms with van der Waals surface area (Å²) < 4.78 is 2.05. The van der Waals surface area contributed by atoms with Crippen molar-refractivity contribution in [1.29, 1.82) is 0 Å². The van der Waals surface area contributed by atoms with Crippen LogP contribution in [0.15, 0.2) is 72.4 Å². The minimum Gasteiger partial charge on any atom is -0.331 e. The first-order valence-corrected chi connectivity index (χ1v) is 10.8. The van der Waals surface area contributed by atoms with Gasteiger partial charge in [0.2, 0.25) is 0 Å². The lowest BCUT2D eigenvalue weighted by molar-refractivity contribution is 0.101. The van der Waals surface area contributed by atoms with Gasteiger partial charge in [-0.2, -0.15) is 0 Å². The molecule has 0 bridgehead atoms. The van der Waals surface area contributed by atoms with Crippen molar-refractivity contribution < 1.29 is 9.59 Å². The second kappa shape index (κ2) is 9.16. The highest BCUT2D eigenvalue weighted by Gasteiger charge is 2.13.